The third kappa shape index (κ3) is 5.82. The Morgan fingerprint density at radius 1 is 1.17 bits per heavy atom. The molecule has 0 aliphatic carbocycles. The first-order valence-corrected chi connectivity index (χ1v) is 6.97. The van der Waals surface area contributed by atoms with Crippen molar-refractivity contribution in [2.75, 3.05) is 10.6 Å². The zero-order chi connectivity index (χ0) is 13.4. The van der Waals surface area contributed by atoms with E-state index < -0.39 is 0 Å². The number of primary amides is 1. The molecule has 5 heteroatoms. The predicted octanol–water partition coefficient (Wildman–Crippen LogP) is 2.22. The number of rotatable bonds is 7. The van der Waals surface area contributed by atoms with Gasteiger partial charge in [-0.25, -0.2) is 0 Å². The van der Waals surface area contributed by atoms with Crippen LogP contribution in [0, 0.1) is 0 Å². The fraction of sp³-hybridized carbons (Fsp3) is 0.385. The van der Waals surface area contributed by atoms with E-state index in [1.54, 1.807) is 24.3 Å². The minimum absolute atomic E-state index is 0.0126. The van der Waals surface area contributed by atoms with Crippen molar-refractivity contribution >= 4 is 33.4 Å². The lowest BCUT2D eigenvalue weighted by Crippen LogP contribution is -2.14. The average molecular weight is 313 g/mol. The van der Waals surface area contributed by atoms with Gasteiger partial charge in [0.15, 0.2) is 0 Å². The Morgan fingerprint density at radius 2 is 1.83 bits per heavy atom. The molecule has 0 bridgehead atoms. The van der Waals surface area contributed by atoms with E-state index in [-0.39, 0.29) is 18.2 Å². The summed E-state index contributed by atoms with van der Waals surface area (Å²) in [5.41, 5.74) is 6.69. The lowest BCUT2D eigenvalue weighted by Gasteiger charge is -2.05. The zero-order valence-electron chi connectivity index (χ0n) is 10.1. The lowest BCUT2D eigenvalue weighted by atomic mass is 10.1. The van der Waals surface area contributed by atoms with Gasteiger partial charge in [0.25, 0.3) is 0 Å². The van der Waals surface area contributed by atoms with Crippen LogP contribution < -0.4 is 11.1 Å². The number of hydrogen-bond donors (Lipinski definition) is 2. The van der Waals surface area contributed by atoms with E-state index in [0.29, 0.717) is 6.42 Å². The predicted molar refractivity (Wildman–Crippen MR) is 75.6 cm³/mol. The normalized spacial score (nSPS) is 10.1. The molecule has 0 spiro atoms. The van der Waals surface area contributed by atoms with Crippen molar-refractivity contribution in [1.29, 1.82) is 0 Å². The number of amides is 2. The van der Waals surface area contributed by atoms with Gasteiger partial charge in [0, 0.05) is 17.4 Å². The molecule has 4 nitrogen and oxygen atoms in total. The fourth-order valence-corrected chi connectivity index (χ4v) is 1.91. The Kier molecular flexibility index (Phi) is 6.43. The zero-order valence-corrected chi connectivity index (χ0v) is 11.7. The van der Waals surface area contributed by atoms with E-state index in [9.17, 15) is 9.59 Å². The summed E-state index contributed by atoms with van der Waals surface area (Å²) in [5.74, 6) is -0.347. The Hall–Kier alpha value is -1.36. The topological polar surface area (TPSA) is 72.2 Å². The summed E-state index contributed by atoms with van der Waals surface area (Å²) in [7, 11) is 0. The van der Waals surface area contributed by atoms with E-state index >= 15 is 0 Å². The van der Waals surface area contributed by atoms with Crippen molar-refractivity contribution in [2.45, 2.75) is 25.7 Å². The third-order valence-corrected chi connectivity index (χ3v) is 2.96. The molecule has 0 atom stereocenters. The number of unbranched alkanes of at least 4 members (excludes halogenated alkanes) is 1. The number of carbonyl (C=O) groups excluding carboxylic acids is 2. The number of benzene rings is 1. The van der Waals surface area contributed by atoms with E-state index in [2.05, 4.69) is 21.2 Å². The smallest absolute Gasteiger partial charge is 0.224 e. The maximum absolute atomic E-state index is 11.5. The Morgan fingerprint density at radius 3 is 2.39 bits per heavy atom. The SMILES string of the molecule is NC(=O)Cc1ccc(NC(=O)CCCCBr)cc1. The van der Waals surface area contributed by atoms with Crippen molar-refractivity contribution in [3.63, 3.8) is 0 Å². The highest BCUT2D eigenvalue weighted by Crippen LogP contribution is 2.11. The van der Waals surface area contributed by atoms with Crippen LogP contribution in [0.5, 0.6) is 0 Å². The van der Waals surface area contributed by atoms with Gasteiger partial charge in [0.05, 0.1) is 6.42 Å². The fourth-order valence-electron chi connectivity index (χ4n) is 1.51. The van der Waals surface area contributed by atoms with E-state index in [4.69, 9.17) is 5.73 Å². The van der Waals surface area contributed by atoms with Crippen molar-refractivity contribution in [1.82, 2.24) is 0 Å². The first-order chi connectivity index (χ1) is 8.61. The van der Waals surface area contributed by atoms with Gasteiger partial charge < -0.3 is 11.1 Å². The molecule has 0 aliphatic heterocycles. The molecule has 0 aliphatic rings. The molecular formula is C13H17BrN2O2. The summed E-state index contributed by atoms with van der Waals surface area (Å²) in [5, 5.41) is 3.73. The molecule has 1 aromatic rings. The summed E-state index contributed by atoms with van der Waals surface area (Å²) in [6, 6.07) is 7.14. The van der Waals surface area contributed by atoms with Gasteiger partial charge in [-0.15, -0.1) is 0 Å². The van der Waals surface area contributed by atoms with Gasteiger partial charge in [-0.1, -0.05) is 28.1 Å². The van der Waals surface area contributed by atoms with Gasteiger partial charge in [0.2, 0.25) is 11.8 Å². The van der Waals surface area contributed by atoms with Crippen LogP contribution in [0.2, 0.25) is 0 Å². The second kappa shape index (κ2) is 7.87. The first kappa shape index (κ1) is 14.7. The molecule has 18 heavy (non-hydrogen) atoms. The van der Waals surface area contributed by atoms with E-state index in [0.717, 1.165) is 29.4 Å². The summed E-state index contributed by atoms with van der Waals surface area (Å²) in [4.78, 5) is 22.3. The number of carbonyl (C=O) groups is 2. The highest BCUT2D eigenvalue weighted by molar-refractivity contribution is 9.09. The second-order valence-corrected chi connectivity index (χ2v) is 4.83. The molecule has 0 saturated carbocycles. The Labute approximate surface area is 115 Å². The van der Waals surface area contributed by atoms with Gasteiger partial charge >= 0.3 is 0 Å². The minimum Gasteiger partial charge on any atom is -0.369 e. The van der Waals surface area contributed by atoms with Crippen LogP contribution in [0.3, 0.4) is 0 Å². The summed E-state index contributed by atoms with van der Waals surface area (Å²) in [6.07, 6.45) is 2.61. The van der Waals surface area contributed by atoms with E-state index in [1.165, 1.54) is 0 Å². The van der Waals surface area contributed by atoms with Gasteiger partial charge in [-0.3, -0.25) is 9.59 Å². The second-order valence-electron chi connectivity index (χ2n) is 4.03. The largest absolute Gasteiger partial charge is 0.369 e. The van der Waals surface area contributed by atoms with Crippen LogP contribution in [0.4, 0.5) is 5.69 Å². The minimum atomic E-state index is -0.360. The average Bonchev–Trinajstić information content (AvgIpc) is 2.31. The number of nitrogens with two attached hydrogens (primary N) is 1. The third-order valence-electron chi connectivity index (χ3n) is 2.40. The quantitative estimate of drug-likeness (QED) is 0.598. The van der Waals surface area contributed by atoms with Gasteiger partial charge in [-0.05, 0) is 30.5 Å². The molecule has 2 amide bonds. The molecular weight excluding hydrogens is 296 g/mol. The standard InChI is InChI=1S/C13H17BrN2O2/c14-8-2-1-3-13(18)16-11-6-4-10(5-7-11)9-12(15)17/h4-7H,1-3,8-9H2,(H2,15,17)(H,16,18). The number of alkyl halides is 1. The Balaban J connectivity index is 2.43. The lowest BCUT2D eigenvalue weighted by molar-refractivity contribution is -0.117. The molecule has 0 aromatic heterocycles. The Bertz CT molecular complexity index is 404. The molecule has 98 valence electrons. The number of anilines is 1. The number of halogens is 1. The van der Waals surface area contributed by atoms with E-state index in [1.807, 2.05) is 0 Å². The van der Waals surface area contributed by atoms with Crippen molar-refractivity contribution in [3.8, 4) is 0 Å². The number of nitrogens with one attached hydrogen (secondary N) is 1. The molecule has 1 rings (SSSR count). The molecule has 1 aromatic carbocycles. The van der Waals surface area contributed by atoms with Crippen LogP contribution in [-0.2, 0) is 16.0 Å². The monoisotopic (exact) mass is 312 g/mol. The molecule has 0 saturated heterocycles. The van der Waals surface area contributed by atoms with Crippen LogP contribution in [0.1, 0.15) is 24.8 Å². The molecule has 3 N–H and O–H groups in total. The van der Waals surface area contributed by atoms with Crippen molar-refractivity contribution < 1.29 is 9.59 Å². The molecule has 0 radical (unpaired) electrons. The summed E-state index contributed by atoms with van der Waals surface area (Å²) in [6.45, 7) is 0. The molecule has 0 fully saturated rings. The number of hydrogen-bond acceptors (Lipinski definition) is 2. The molecule has 0 unspecified atom stereocenters. The maximum Gasteiger partial charge on any atom is 0.224 e. The van der Waals surface area contributed by atoms with Crippen molar-refractivity contribution in [3.05, 3.63) is 29.8 Å². The van der Waals surface area contributed by atoms with Gasteiger partial charge in [-0.2, -0.15) is 0 Å². The van der Waals surface area contributed by atoms with Gasteiger partial charge in [0.1, 0.15) is 0 Å². The van der Waals surface area contributed by atoms with Crippen LogP contribution >= 0.6 is 15.9 Å². The van der Waals surface area contributed by atoms with Crippen LogP contribution in [0.25, 0.3) is 0 Å². The highest BCUT2D eigenvalue weighted by Gasteiger charge is 2.03. The first-order valence-electron chi connectivity index (χ1n) is 5.85. The molecule has 0 heterocycles. The summed E-state index contributed by atoms with van der Waals surface area (Å²) < 4.78 is 0. The summed E-state index contributed by atoms with van der Waals surface area (Å²) >= 11 is 3.32. The van der Waals surface area contributed by atoms with Crippen molar-refractivity contribution in [2.24, 2.45) is 5.73 Å². The maximum atomic E-state index is 11.5. The van der Waals surface area contributed by atoms with Crippen LogP contribution in [-0.4, -0.2) is 17.1 Å². The highest BCUT2D eigenvalue weighted by atomic mass is 79.9. The van der Waals surface area contributed by atoms with Crippen LogP contribution in [0.15, 0.2) is 24.3 Å².